The lowest BCUT2D eigenvalue weighted by atomic mass is 9.92. The number of unbranched alkanes of at least 4 members (excludes halogenated alkanes) is 3. The van der Waals surface area contributed by atoms with Gasteiger partial charge in [-0.05, 0) is 25.2 Å². The van der Waals surface area contributed by atoms with Crippen molar-refractivity contribution in [3.05, 3.63) is 0 Å². The van der Waals surface area contributed by atoms with Crippen LogP contribution in [0.3, 0.4) is 0 Å². The number of aliphatic hydroxyl groups excluding tert-OH is 1. The summed E-state index contributed by atoms with van der Waals surface area (Å²) in [6, 6.07) is -0.286. The van der Waals surface area contributed by atoms with Crippen molar-refractivity contribution in [2.75, 3.05) is 19.8 Å². The van der Waals surface area contributed by atoms with Gasteiger partial charge in [-0.15, -0.1) is 0 Å². The number of aliphatic hydroxyl groups is 1. The molecule has 0 saturated heterocycles. The van der Waals surface area contributed by atoms with Crippen molar-refractivity contribution in [2.45, 2.75) is 64.3 Å². The summed E-state index contributed by atoms with van der Waals surface area (Å²) in [5.41, 5.74) is 10.8. The Morgan fingerprint density at radius 3 is 2.40 bits per heavy atom. The number of carbonyl (C=O) groups excluding carboxylic acids is 1. The SMILES string of the molecule is CCCCCC(CCCCOC[C@@H](N)CO)CC(N)=O. The second-order valence-electron chi connectivity index (χ2n) is 5.55. The highest BCUT2D eigenvalue weighted by atomic mass is 16.5. The Morgan fingerprint density at radius 2 is 1.85 bits per heavy atom. The van der Waals surface area contributed by atoms with Gasteiger partial charge in [0.1, 0.15) is 0 Å². The van der Waals surface area contributed by atoms with Crippen molar-refractivity contribution in [1.29, 1.82) is 0 Å². The van der Waals surface area contributed by atoms with Crippen LogP contribution in [0.25, 0.3) is 0 Å². The van der Waals surface area contributed by atoms with Gasteiger partial charge in [0.2, 0.25) is 5.91 Å². The largest absolute Gasteiger partial charge is 0.395 e. The predicted molar refractivity (Wildman–Crippen MR) is 81.2 cm³/mol. The van der Waals surface area contributed by atoms with Crippen LogP contribution in [-0.4, -0.2) is 36.9 Å². The molecule has 0 heterocycles. The molecule has 0 rings (SSSR count). The van der Waals surface area contributed by atoms with E-state index >= 15 is 0 Å². The molecule has 0 bridgehead atoms. The van der Waals surface area contributed by atoms with E-state index in [0.717, 1.165) is 25.7 Å². The van der Waals surface area contributed by atoms with E-state index in [1.807, 2.05) is 0 Å². The van der Waals surface area contributed by atoms with E-state index in [9.17, 15) is 4.79 Å². The van der Waals surface area contributed by atoms with Crippen LogP contribution in [-0.2, 0) is 9.53 Å². The zero-order valence-electron chi connectivity index (χ0n) is 12.9. The first-order chi connectivity index (χ1) is 9.60. The smallest absolute Gasteiger partial charge is 0.217 e. The third-order valence-electron chi connectivity index (χ3n) is 3.42. The molecular formula is C15H32N2O3. The number of hydrogen-bond donors (Lipinski definition) is 3. The minimum atomic E-state index is -0.286. The average molecular weight is 288 g/mol. The molecule has 0 aliphatic carbocycles. The number of carbonyl (C=O) groups is 1. The molecule has 0 aromatic rings. The summed E-state index contributed by atoms with van der Waals surface area (Å²) >= 11 is 0. The molecular weight excluding hydrogens is 256 g/mol. The minimum absolute atomic E-state index is 0.0435. The maximum absolute atomic E-state index is 11.0. The molecule has 0 radical (unpaired) electrons. The normalized spacial score (nSPS) is 14.2. The summed E-state index contributed by atoms with van der Waals surface area (Å²) in [7, 11) is 0. The first-order valence-electron chi connectivity index (χ1n) is 7.82. The summed E-state index contributed by atoms with van der Waals surface area (Å²) < 4.78 is 5.37. The molecule has 120 valence electrons. The number of nitrogens with two attached hydrogens (primary N) is 2. The Balaban J connectivity index is 3.64. The van der Waals surface area contributed by atoms with E-state index in [4.69, 9.17) is 21.3 Å². The Bertz CT molecular complexity index is 237. The highest BCUT2D eigenvalue weighted by molar-refractivity contribution is 5.73. The fraction of sp³-hybridized carbons (Fsp3) is 0.933. The van der Waals surface area contributed by atoms with E-state index in [1.54, 1.807) is 0 Å². The van der Waals surface area contributed by atoms with E-state index in [0.29, 0.717) is 25.6 Å². The fourth-order valence-corrected chi connectivity index (χ4v) is 2.24. The van der Waals surface area contributed by atoms with E-state index in [1.165, 1.54) is 19.3 Å². The van der Waals surface area contributed by atoms with Gasteiger partial charge in [-0.3, -0.25) is 4.79 Å². The first-order valence-corrected chi connectivity index (χ1v) is 7.82. The van der Waals surface area contributed by atoms with Crippen LogP contribution < -0.4 is 11.5 Å². The van der Waals surface area contributed by atoms with Crippen LogP contribution in [0.1, 0.15) is 58.3 Å². The van der Waals surface area contributed by atoms with Crippen molar-refractivity contribution in [2.24, 2.45) is 17.4 Å². The van der Waals surface area contributed by atoms with Gasteiger partial charge in [-0.1, -0.05) is 32.6 Å². The Labute approximate surface area is 123 Å². The van der Waals surface area contributed by atoms with Crippen molar-refractivity contribution < 1.29 is 14.6 Å². The lowest BCUT2D eigenvalue weighted by molar-refractivity contribution is -0.119. The van der Waals surface area contributed by atoms with Crippen molar-refractivity contribution in [3.8, 4) is 0 Å². The summed E-state index contributed by atoms with van der Waals surface area (Å²) in [5.74, 6) is 0.218. The van der Waals surface area contributed by atoms with Gasteiger partial charge < -0.3 is 21.3 Å². The predicted octanol–water partition coefficient (Wildman–Crippen LogP) is 1.56. The number of primary amides is 1. The minimum Gasteiger partial charge on any atom is -0.395 e. The third-order valence-corrected chi connectivity index (χ3v) is 3.42. The number of hydrogen-bond acceptors (Lipinski definition) is 4. The Kier molecular flexibility index (Phi) is 12.9. The van der Waals surface area contributed by atoms with Crippen molar-refractivity contribution in [3.63, 3.8) is 0 Å². The topological polar surface area (TPSA) is 98.6 Å². The second kappa shape index (κ2) is 13.3. The average Bonchev–Trinajstić information content (AvgIpc) is 2.41. The van der Waals surface area contributed by atoms with Crippen LogP contribution in [0.2, 0.25) is 0 Å². The van der Waals surface area contributed by atoms with Gasteiger partial charge in [-0.2, -0.15) is 0 Å². The molecule has 1 amide bonds. The second-order valence-corrected chi connectivity index (χ2v) is 5.55. The van der Waals surface area contributed by atoms with Crippen LogP contribution in [0.5, 0.6) is 0 Å². The maximum atomic E-state index is 11.0. The van der Waals surface area contributed by atoms with Gasteiger partial charge in [0.05, 0.1) is 19.3 Å². The molecule has 0 spiro atoms. The van der Waals surface area contributed by atoms with E-state index < -0.39 is 0 Å². The zero-order chi connectivity index (χ0) is 15.2. The van der Waals surface area contributed by atoms with Gasteiger partial charge in [0.15, 0.2) is 0 Å². The molecule has 0 aliphatic rings. The molecule has 0 aliphatic heterocycles. The molecule has 0 fully saturated rings. The van der Waals surface area contributed by atoms with Gasteiger partial charge in [0, 0.05) is 13.0 Å². The molecule has 5 nitrogen and oxygen atoms in total. The lowest BCUT2D eigenvalue weighted by Gasteiger charge is -2.15. The summed E-state index contributed by atoms with van der Waals surface area (Å²) in [5, 5.41) is 8.75. The standard InChI is InChI=1S/C15H32N2O3/c1-2-3-4-7-13(10-15(17)19)8-5-6-9-20-12-14(16)11-18/h13-14,18H,2-12,16H2,1H3,(H2,17,19)/t13?,14-/m0/s1. The van der Waals surface area contributed by atoms with Gasteiger partial charge in [-0.25, -0.2) is 0 Å². The maximum Gasteiger partial charge on any atom is 0.217 e. The van der Waals surface area contributed by atoms with Crippen LogP contribution >= 0.6 is 0 Å². The molecule has 1 unspecified atom stereocenters. The molecule has 20 heavy (non-hydrogen) atoms. The summed E-state index contributed by atoms with van der Waals surface area (Å²) in [6.07, 6.45) is 8.21. The molecule has 5 heteroatoms. The quantitative estimate of drug-likeness (QED) is 0.422. The summed E-state index contributed by atoms with van der Waals surface area (Å²) in [6.45, 7) is 3.19. The highest BCUT2D eigenvalue weighted by Gasteiger charge is 2.11. The van der Waals surface area contributed by atoms with Crippen LogP contribution in [0.4, 0.5) is 0 Å². The lowest BCUT2D eigenvalue weighted by Crippen LogP contribution is -2.30. The van der Waals surface area contributed by atoms with Crippen molar-refractivity contribution >= 4 is 5.91 Å². The number of rotatable bonds is 14. The van der Waals surface area contributed by atoms with E-state index in [-0.39, 0.29) is 18.6 Å². The van der Waals surface area contributed by atoms with E-state index in [2.05, 4.69) is 6.92 Å². The zero-order valence-corrected chi connectivity index (χ0v) is 12.9. The van der Waals surface area contributed by atoms with Gasteiger partial charge >= 0.3 is 0 Å². The molecule has 2 atom stereocenters. The Hall–Kier alpha value is -0.650. The van der Waals surface area contributed by atoms with Crippen LogP contribution in [0.15, 0.2) is 0 Å². The Morgan fingerprint density at radius 1 is 1.20 bits per heavy atom. The van der Waals surface area contributed by atoms with Gasteiger partial charge in [0.25, 0.3) is 0 Å². The molecule has 0 saturated carbocycles. The van der Waals surface area contributed by atoms with Crippen LogP contribution in [0, 0.1) is 5.92 Å². The summed E-state index contributed by atoms with van der Waals surface area (Å²) in [4.78, 5) is 11.0. The molecule has 0 aromatic carbocycles. The monoisotopic (exact) mass is 288 g/mol. The fourth-order valence-electron chi connectivity index (χ4n) is 2.24. The van der Waals surface area contributed by atoms with Crippen molar-refractivity contribution in [1.82, 2.24) is 0 Å². The molecule has 5 N–H and O–H groups in total. The number of amides is 1. The third kappa shape index (κ3) is 12.4. The molecule has 0 aromatic heterocycles. The number of ether oxygens (including phenoxy) is 1. The first kappa shape index (κ1) is 19.4. The highest BCUT2D eigenvalue weighted by Crippen LogP contribution is 2.20.